The molecule has 1 aliphatic rings. The van der Waals surface area contributed by atoms with E-state index >= 15 is 0 Å². The number of thioether (sulfide) groups is 1. The number of halogens is 1. The van der Waals surface area contributed by atoms with Crippen molar-refractivity contribution in [1.29, 1.82) is 0 Å². The number of benzene rings is 1. The molecule has 1 aliphatic heterocycles. The van der Waals surface area contributed by atoms with Crippen molar-refractivity contribution in [3.05, 3.63) is 35.4 Å². The van der Waals surface area contributed by atoms with Crippen LogP contribution in [0.25, 0.3) is 0 Å². The molecular formula is C14H20ClNO2S2. The molecule has 1 fully saturated rings. The van der Waals surface area contributed by atoms with Gasteiger partial charge in [0.15, 0.2) is 0 Å². The van der Waals surface area contributed by atoms with Crippen LogP contribution in [0.3, 0.4) is 0 Å². The maximum absolute atomic E-state index is 12.5. The van der Waals surface area contributed by atoms with Crippen LogP contribution in [0.5, 0.6) is 0 Å². The third-order valence-electron chi connectivity index (χ3n) is 3.31. The minimum atomic E-state index is -3.24. The van der Waals surface area contributed by atoms with Gasteiger partial charge in [-0.25, -0.2) is 8.42 Å². The number of nitrogens with zero attached hydrogens (tertiary/aromatic N) is 1. The SMILES string of the molecule is CC1(C)CN(S(=O)(=O)Cc2ccc(CCl)cc2)CCS1. The molecule has 0 saturated carbocycles. The normalized spacial score (nSPS) is 19.9. The highest BCUT2D eigenvalue weighted by molar-refractivity contribution is 8.00. The molecule has 1 aromatic carbocycles. The highest BCUT2D eigenvalue weighted by Gasteiger charge is 2.33. The Morgan fingerprint density at radius 2 is 1.85 bits per heavy atom. The molecule has 112 valence electrons. The van der Waals surface area contributed by atoms with E-state index in [2.05, 4.69) is 13.8 Å². The van der Waals surface area contributed by atoms with Gasteiger partial charge in [0, 0.05) is 29.5 Å². The van der Waals surface area contributed by atoms with Gasteiger partial charge < -0.3 is 0 Å². The van der Waals surface area contributed by atoms with Crippen LogP contribution in [0.4, 0.5) is 0 Å². The molecule has 3 nitrogen and oxygen atoms in total. The van der Waals surface area contributed by atoms with Crippen molar-refractivity contribution < 1.29 is 8.42 Å². The number of hydrogen-bond acceptors (Lipinski definition) is 3. The molecule has 1 heterocycles. The van der Waals surface area contributed by atoms with E-state index in [1.165, 1.54) is 0 Å². The summed E-state index contributed by atoms with van der Waals surface area (Å²) < 4.78 is 26.6. The van der Waals surface area contributed by atoms with Gasteiger partial charge >= 0.3 is 0 Å². The average Bonchev–Trinajstić information content (AvgIpc) is 2.38. The fraction of sp³-hybridized carbons (Fsp3) is 0.571. The first-order chi connectivity index (χ1) is 9.32. The number of sulfonamides is 1. The molecule has 0 N–H and O–H groups in total. The predicted octanol–water partition coefficient (Wildman–Crippen LogP) is 3.08. The Balaban J connectivity index is 2.10. The molecule has 0 unspecified atom stereocenters. The fourth-order valence-corrected chi connectivity index (χ4v) is 5.41. The molecule has 6 heteroatoms. The standard InChI is InChI=1S/C14H20ClNO2S2/c1-14(2)11-16(7-8-19-14)20(17,18)10-13-5-3-12(9-15)4-6-13/h3-6H,7-11H2,1-2H3. The van der Waals surface area contributed by atoms with Gasteiger partial charge in [-0.3, -0.25) is 0 Å². The van der Waals surface area contributed by atoms with Gasteiger partial charge in [0.1, 0.15) is 0 Å². The first-order valence-corrected chi connectivity index (χ1v) is 9.71. The minimum absolute atomic E-state index is 0.00615. The van der Waals surface area contributed by atoms with E-state index in [9.17, 15) is 8.42 Å². The van der Waals surface area contributed by atoms with E-state index in [-0.39, 0.29) is 10.5 Å². The first kappa shape index (κ1) is 16.1. The molecule has 0 amide bonds. The third-order valence-corrected chi connectivity index (χ3v) is 6.71. The summed E-state index contributed by atoms with van der Waals surface area (Å²) in [6, 6.07) is 7.46. The van der Waals surface area contributed by atoms with Crippen LogP contribution in [-0.4, -0.2) is 36.3 Å². The van der Waals surface area contributed by atoms with Crippen LogP contribution in [0.15, 0.2) is 24.3 Å². The van der Waals surface area contributed by atoms with Crippen molar-refractivity contribution in [2.45, 2.75) is 30.2 Å². The maximum atomic E-state index is 12.5. The average molecular weight is 334 g/mol. The van der Waals surface area contributed by atoms with Gasteiger partial charge in [0.25, 0.3) is 0 Å². The number of rotatable bonds is 4. The topological polar surface area (TPSA) is 37.4 Å². The van der Waals surface area contributed by atoms with E-state index in [4.69, 9.17) is 11.6 Å². The maximum Gasteiger partial charge on any atom is 0.218 e. The molecule has 1 saturated heterocycles. The lowest BCUT2D eigenvalue weighted by Gasteiger charge is -2.36. The Morgan fingerprint density at radius 3 is 2.40 bits per heavy atom. The Morgan fingerprint density at radius 1 is 1.25 bits per heavy atom. The summed E-state index contributed by atoms with van der Waals surface area (Å²) in [5.74, 6) is 1.37. The summed E-state index contributed by atoms with van der Waals surface area (Å²) in [5.41, 5.74) is 1.82. The van der Waals surface area contributed by atoms with Crippen molar-refractivity contribution in [3.63, 3.8) is 0 Å². The zero-order valence-electron chi connectivity index (χ0n) is 11.8. The van der Waals surface area contributed by atoms with E-state index < -0.39 is 10.0 Å². The lowest BCUT2D eigenvalue weighted by atomic mass is 10.2. The minimum Gasteiger partial charge on any atom is -0.212 e. The first-order valence-electron chi connectivity index (χ1n) is 6.58. The van der Waals surface area contributed by atoms with Gasteiger partial charge in [0.05, 0.1) is 5.75 Å². The van der Waals surface area contributed by atoms with E-state index in [1.54, 1.807) is 4.31 Å². The molecule has 0 aliphatic carbocycles. The smallest absolute Gasteiger partial charge is 0.212 e. The Bertz CT molecular complexity index is 555. The summed E-state index contributed by atoms with van der Waals surface area (Å²) >= 11 is 7.57. The molecule has 1 aromatic rings. The zero-order valence-corrected chi connectivity index (χ0v) is 14.2. The van der Waals surface area contributed by atoms with Gasteiger partial charge in [-0.1, -0.05) is 24.3 Å². The van der Waals surface area contributed by atoms with Crippen LogP contribution >= 0.6 is 23.4 Å². The van der Waals surface area contributed by atoms with Gasteiger partial charge in [0.2, 0.25) is 10.0 Å². The second-order valence-corrected chi connectivity index (χ2v) is 9.69. The van der Waals surface area contributed by atoms with Crippen LogP contribution < -0.4 is 0 Å². The van der Waals surface area contributed by atoms with Crippen molar-refractivity contribution in [1.82, 2.24) is 4.31 Å². The van der Waals surface area contributed by atoms with Crippen molar-refractivity contribution in [2.75, 3.05) is 18.8 Å². The predicted molar refractivity (Wildman–Crippen MR) is 86.7 cm³/mol. The molecule has 0 radical (unpaired) electrons. The summed E-state index contributed by atoms with van der Waals surface area (Å²) in [6.45, 7) is 5.37. The third kappa shape index (κ3) is 4.13. The Labute approximate surface area is 130 Å². The van der Waals surface area contributed by atoms with Gasteiger partial charge in [-0.05, 0) is 25.0 Å². The summed E-state index contributed by atoms with van der Waals surface area (Å²) in [7, 11) is -3.24. The monoisotopic (exact) mass is 333 g/mol. The summed E-state index contributed by atoms with van der Waals surface area (Å²) in [6.07, 6.45) is 0. The molecule has 0 bridgehead atoms. The number of hydrogen-bond donors (Lipinski definition) is 0. The van der Waals surface area contributed by atoms with E-state index in [0.717, 1.165) is 16.9 Å². The van der Waals surface area contributed by atoms with Crippen molar-refractivity contribution >= 4 is 33.4 Å². The van der Waals surface area contributed by atoms with Crippen LogP contribution in [0.1, 0.15) is 25.0 Å². The summed E-state index contributed by atoms with van der Waals surface area (Å²) in [4.78, 5) is 0. The lowest BCUT2D eigenvalue weighted by Crippen LogP contribution is -2.46. The lowest BCUT2D eigenvalue weighted by molar-refractivity contribution is 0.387. The molecular weight excluding hydrogens is 314 g/mol. The highest BCUT2D eigenvalue weighted by Crippen LogP contribution is 2.31. The van der Waals surface area contributed by atoms with Crippen LogP contribution in [0, 0.1) is 0 Å². The molecule has 0 spiro atoms. The van der Waals surface area contributed by atoms with Crippen molar-refractivity contribution in [3.8, 4) is 0 Å². The molecule has 20 heavy (non-hydrogen) atoms. The van der Waals surface area contributed by atoms with Crippen molar-refractivity contribution in [2.24, 2.45) is 0 Å². The molecule has 0 atom stereocenters. The highest BCUT2D eigenvalue weighted by atomic mass is 35.5. The van der Waals surface area contributed by atoms with Gasteiger partial charge in [-0.15, -0.1) is 11.6 Å². The van der Waals surface area contributed by atoms with Crippen LogP contribution in [-0.2, 0) is 21.7 Å². The summed E-state index contributed by atoms with van der Waals surface area (Å²) in [5, 5.41) is 0. The van der Waals surface area contributed by atoms with E-state index in [0.29, 0.717) is 19.0 Å². The number of alkyl halides is 1. The quantitative estimate of drug-likeness (QED) is 0.795. The largest absolute Gasteiger partial charge is 0.218 e. The van der Waals surface area contributed by atoms with Gasteiger partial charge in [-0.2, -0.15) is 16.1 Å². The van der Waals surface area contributed by atoms with Crippen LogP contribution in [0.2, 0.25) is 0 Å². The second kappa shape index (κ2) is 6.26. The fourth-order valence-electron chi connectivity index (χ4n) is 2.24. The Kier molecular flexibility index (Phi) is 5.05. The molecule has 0 aromatic heterocycles. The van der Waals surface area contributed by atoms with E-state index in [1.807, 2.05) is 36.0 Å². The Hall–Kier alpha value is -0.230. The molecule has 2 rings (SSSR count). The second-order valence-electron chi connectivity index (χ2n) is 5.65. The zero-order chi connectivity index (χ0) is 14.8.